The van der Waals surface area contributed by atoms with E-state index in [1.54, 1.807) is 25.1 Å². The zero-order valence-corrected chi connectivity index (χ0v) is 18.9. The van der Waals surface area contributed by atoms with Crippen LogP contribution in [0.5, 0.6) is 0 Å². The second-order valence-corrected chi connectivity index (χ2v) is 9.14. The molecule has 0 aliphatic heterocycles. The second-order valence-electron chi connectivity index (χ2n) is 8.70. The fourth-order valence-corrected chi connectivity index (χ4v) is 3.53. The Morgan fingerprint density at radius 1 is 1.23 bits per heavy atom. The van der Waals surface area contributed by atoms with Gasteiger partial charge in [-0.1, -0.05) is 51.4 Å². The van der Waals surface area contributed by atoms with Crippen LogP contribution in [0, 0.1) is 17.1 Å². The standard InChI is InChI=1S/C25H25ClFN3O/c1-16(17-8-9-18(15-28)22(27)12-17)23(31)11-10-21-14-24(25(2,3)4)29-30(21)20-7-5-6-19(26)13-20/h5-9,12-14,16H,10-11H2,1-4H3. The van der Waals surface area contributed by atoms with Gasteiger partial charge in [-0.3, -0.25) is 4.79 Å². The molecule has 1 aromatic heterocycles. The first-order valence-corrected chi connectivity index (χ1v) is 10.6. The third-order valence-corrected chi connectivity index (χ3v) is 5.56. The van der Waals surface area contributed by atoms with Crippen molar-refractivity contribution in [1.29, 1.82) is 5.26 Å². The number of nitrogens with zero attached hydrogens (tertiary/aromatic N) is 3. The summed E-state index contributed by atoms with van der Waals surface area (Å²) in [6, 6.07) is 15.6. The van der Waals surface area contributed by atoms with Gasteiger partial charge in [-0.25, -0.2) is 9.07 Å². The maximum absolute atomic E-state index is 14.0. The topological polar surface area (TPSA) is 58.7 Å². The van der Waals surface area contributed by atoms with E-state index in [0.717, 1.165) is 17.1 Å². The monoisotopic (exact) mass is 437 g/mol. The molecule has 4 nitrogen and oxygen atoms in total. The van der Waals surface area contributed by atoms with Crippen molar-refractivity contribution in [3.8, 4) is 11.8 Å². The molecule has 6 heteroatoms. The summed E-state index contributed by atoms with van der Waals surface area (Å²) in [6.45, 7) is 8.04. The van der Waals surface area contributed by atoms with Crippen LogP contribution in [-0.4, -0.2) is 15.6 Å². The minimum atomic E-state index is -0.603. The van der Waals surface area contributed by atoms with Crippen LogP contribution in [-0.2, 0) is 16.6 Å². The number of aromatic nitrogens is 2. The van der Waals surface area contributed by atoms with Crippen LogP contribution in [0.4, 0.5) is 4.39 Å². The predicted octanol–water partition coefficient (Wildman–Crippen LogP) is 6.14. The molecule has 0 saturated heterocycles. The van der Waals surface area contributed by atoms with Gasteiger partial charge < -0.3 is 0 Å². The maximum atomic E-state index is 14.0. The zero-order chi connectivity index (χ0) is 22.8. The van der Waals surface area contributed by atoms with Gasteiger partial charge in [-0.15, -0.1) is 0 Å². The van der Waals surface area contributed by atoms with Crippen LogP contribution in [0.1, 0.15) is 62.5 Å². The van der Waals surface area contributed by atoms with E-state index in [1.165, 1.54) is 12.1 Å². The van der Waals surface area contributed by atoms with Gasteiger partial charge in [-0.05, 0) is 48.4 Å². The summed E-state index contributed by atoms with van der Waals surface area (Å²) in [4.78, 5) is 12.8. The van der Waals surface area contributed by atoms with Crippen molar-refractivity contribution in [2.75, 3.05) is 0 Å². The van der Waals surface area contributed by atoms with E-state index in [-0.39, 0.29) is 16.8 Å². The Morgan fingerprint density at radius 2 is 1.97 bits per heavy atom. The SMILES string of the molecule is CC(C(=O)CCc1cc(C(C)(C)C)nn1-c1cccc(Cl)c1)c1ccc(C#N)c(F)c1. The number of carbonyl (C=O) groups excluding carboxylic acids is 1. The zero-order valence-electron chi connectivity index (χ0n) is 18.1. The summed E-state index contributed by atoms with van der Waals surface area (Å²) in [6.07, 6.45) is 0.788. The number of benzene rings is 2. The molecule has 0 aliphatic rings. The fraction of sp³-hybridized carbons (Fsp3) is 0.320. The van der Waals surface area contributed by atoms with Gasteiger partial charge in [0.15, 0.2) is 0 Å². The lowest BCUT2D eigenvalue weighted by Crippen LogP contribution is -2.13. The quantitative estimate of drug-likeness (QED) is 0.465. The van der Waals surface area contributed by atoms with Crippen molar-refractivity contribution >= 4 is 17.4 Å². The molecule has 0 radical (unpaired) electrons. The van der Waals surface area contributed by atoms with E-state index >= 15 is 0 Å². The Hall–Kier alpha value is -2.97. The molecule has 0 saturated carbocycles. The van der Waals surface area contributed by atoms with E-state index < -0.39 is 11.7 Å². The number of carbonyl (C=O) groups is 1. The van der Waals surface area contributed by atoms with E-state index in [4.69, 9.17) is 22.0 Å². The highest BCUT2D eigenvalue weighted by atomic mass is 35.5. The van der Waals surface area contributed by atoms with Crippen molar-refractivity contribution in [1.82, 2.24) is 9.78 Å². The van der Waals surface area contributed by atoms with Crippen LogP contribution in [0.2, 0.25) is 5.02 Å². The summed E-state index contributed by atoms with van der Waals surface area (Å²) < 4.78 is 15.8. The molecular formula is C25H25ClFN3O. The molecular weight excluding hydrogens is 413 g/mol. The lowest BCUT2D eigenvalue weighted by molar-refractivity contribution is -0.120. The van der Waals surface area contributed by atoms with Gasteiger partial charge in [0.2, 0.25) is 0 Å². The number of halogens is 2. The number of hydrogen-bond donors (Lipinski definition) is 0. The van der Waals surface area contributed by atoms with Gasteiger partial charge in [0.25, 0.3) is 0 Å². The number of aryl methyl sites for hydroxylation is 1. The Morgan fingerprint density at radius 3 is 2.58 bits per heavy atom. The summed E-state index contributed by atoms with van der Waals surface area (Å²) in [5, 5.41) is 14.3. The maximum Gasteiger partial charge on any atom is 0.141 e. The van der Waals surface area contributed by atoms with Crippen LogP contribution in [0.25, 0.3) is 5.69 Å². The average Bonchev–Trinajstić information content (AvgIpc) is 3.16. The average molecular weight is 438 g/mol. The first-order valence-electron chi connectivity index (χ1n) is 10.2. The molecule has 1 heterocycles. The van der Waals surface area contributed by atoms with Gasteiger partial charge in [0, 0.05) is 28.5 Å². The number of ketones is 1. The van der Waals surface area contributed by atoms with Crippen molar-refractivity contribution < 1.29 is 9.18 Å². The normalized spacial score (nSPS) is 12.4. The molecule has 0 N–H and O–H groups in total. The van der Waals surface area contributed by atoms with Crippen molar-refractivity contribution in [3.05, 3.63) is 81.9 Å². The highest BCUT2D eigenvalue weighted by Gasteiger charge is 2.22. The van der Waals surface area contributed by atoms with Crippen LogP contribution < -0.4 is 0 Å². The Kier molecular flexibility index (Phi) is 6.62. The first kappa shape index (κ1) is 22.7. The fourth-order valence-electron chi connectivity index (χ4n) is 3.34. The van der Waals surface area contributed by atoms with E-state index in [2.05, 4.69) is 20.8 Å². The minimum Gasteiger partial charge on any atom is -0.299 e. The third kappa shape index (κ3) is 5.21. The predicted molar refractivity (Wildman–Crippen MR) is 120 cm³/mol. The molecule has 1 atom stereocenters. The van der Waals surface area contributed by atoms with Gasteiger partial charge >= 0.3 is 0 Å². The number of Topliss-reactive ketones (excluding diaryl/α,β-unsaturated/α-hetero) is 1. The largest absolute Gasteiger partial charge is 0.299 e. The molecule has 1 unspecified atom stereocenters. The Balaban J connectivity index is 1.83. The second kappa shape index (κ2) is 9.03. The van der Waals surface area contributed by atoms with Gasteiger partial charge in [0.1, 0.15) is 17.7 Å². The number of nitriles is 1. The molecule has 160 valence electrons. The lowest BCUT2D eigenvalue weighted by atomic mass is 9.91. The summed E-state index contributed by atoms with van der Waals surface area (Å²) in [5.74, 6) is -1.07. The first-order chi connectivity index (χ1) is 14.6. The molecule has 3 aromatic rings. The van der Waals surface area contributed by atoms with Crippen LogP contribution in [0.3, 0.4) is 0 Å². The van der Waals surface area contributed by atoms with Crippen molar-refractivity contribution in [3.63, 3.8) is 0 Å². The molecule has 0 amide bonds. The van der Waals surface area contributed by atoms with E-state index in [9.17, 15) is 9.18 Å². The molecule has 2 aromatic carbocycles. The summed E-state index contributed by atoms with van der Waals surface area (Å²) in [5.41, 5.74) is 3.09. The van der Waals surface area contributed by atoms with Crippen LogP contribution in [0.15, 0.2) is 48.5 Å². The smallest absolute Gasteiger partial charge is 0.141 e. The Bertz CT molecular complexity index is 1150. The summed E-state index contributed by atoms with van der Waals surface area (Å²) in [7, 11) is 0. The number of rotatable bonds is 6. The molecule has 0 spiro atoms. The lowest BCUT2D eigenvalue weighted by Gasteiger charge is -2.14. The molecule has 31 heavy (non-hydrogen) atoms. The number of hydrogen-bond acceptors (Lipinski definition) is 3. The van der Waals surface area contributed by atoms with Crippen molar-refractivity contribution in [2.45, 2.75) is 51.9 Å². The van der Waals surface area contributed by atoms with Gasteiger partial charge in [-0.2, -0.15) is 10.4 Å². The molecule has 0 aliphatic carbocycles. The van der Waals surface area contributed by atoms with E-state index in [0.29, 0.717) is 23.4 Å². The summed E-state index contributed by atoms with van der Waals surface area (Å²) >= 11 is 6.17. The third-order valence-electron chi connectivity index (χ3n) is 5.33. The van der Waals surface area contributed by atoms with Gasteiger partial charge in [0.05, 0.1) is 16.9 Å². The highest BCUT2D eigenvalue weighted by molar-refractivity contribution is 6.30. The Labute approximate surface area is 187 Å². The van der Waals surface area contributed by atoms with Crippen molar-refractivity contribution in [2.24, 2.45) is 0 Å². The molecule has 0 fully saturated rings. The highest BCUT2D eigenvalue weighted by Crippen LogP contribution is 2.26. The molecule has 3 rings (SSSR count). The minimum absolute atomic E-state index is 0.000241. The molecule has 0 bridgehead atoms. The van der Waals surface area contributed by atoms with Crippen LogP contribution >= 0.6 is 11.6 Å². The van der Waals surface area contributed by atoms with E-state index in [1.807, 2.05) is 28.9 Å².